The lowest BCUT2D eigenvalue weighted by atomic mass is 10.0. The summed E-state index contributed by atoms with van der Waals surface area (Å²) in [7, 11) is 3.08. The average Bonchev–Trinajstić information content (AvgIpc) is 2.93. The first-order valence-corrected chi connectivity index (χ1v) is 11.5. The van der Waals surface area contributed by atoms with Crippen LogP contribution in [0.3, 0.4) is 0 Å². The molecule has 0 unspecified atom stereocenters. The van der Waals surface area contributed by atoms with Gasteiger partial charge in [0.05, 0.1) is 19.8 Å². The number of amides is 3. The second kappa shape index (κ2) is 11.3. The quantitative estimate of drug-likeness (QED) is 0.523. The van der Waals surface area contributed by atoms with Crippen LogP contribution in [0.4, 0.5) is 5.82 Å². The second-order valence-corrected chi connectivity index (χ2v) is 8.18. The minimum atomic E-state index is -0.442. The Balaban J connectivity index is 1.36. The van der Waals surface area contributed by atoms with E-state index in [4.69, 9.17) is 9.47 Å². The van der Waals surface area contributed by atoms with Crippen LogP contribution >= 0.6 is 0 Å². The summed E-state index contributed by atoms with van der Waals surface area (Å²) in [5.41, 5.74) is 0.922. The highest BCUT2D eigenvalue weighted by Crippen LogP contribution is 2.22. The van der Waals surface area contributed by atoms with Gasteiger partial charge in [0.15, 0.2) is 11.5 Å². The molecule has 1 aliphatic heterocycles. The molecule has 0 bridgehead atoms. The minimum Gasteiger partial charge on any atom is -0.497 e. The molecule has 36 heavy (non-hydrogen) atoms. The van der Waals surface area contributed by atoms with Crippen LogP contribution in [-0.4, -0.2) is 65.9 Å². The summed E-state index contributed by atoms with van der Waals surface area (Å²) in [5.74, 6) is 0.263. The van der Waals surface area contributed by atoms with Crippen LogP contribution in [0.2, 0.25) is 0 Å². The number of nitrogens with one attached hydrogen (secondary N) is 2. The van der Waals surface area contributed by atoms with E-state index in [-0.39, 0.29) is 23.5 Å². The maximum Gasteiger partial charge on any atom is 0.273 e. The van der Waals surface area contributed by atoms with E-state index in [1.807, 2.05) is 6.07 Å². The number of carbonyl (C=O) groups excluding carboxylic acids is 3. The third kappa shape index (κ3) is 5.60. The van der Waals surface area contributed by atoms with E-state index in [2.05, 4.69) is 20.6 Å². The van der Waals surface area contributed by atoms with Crippen molar-refractivity contribution in [2.24, 2.45) is 0 Å². The highest BCUT2D eigenvalue weighted by Gasteiger charge is 2.27. The maximum absolute atomic E-state index is 13.0. The molecule has 3 amide bonds. The maximum atomic E-state index is 13.0. The van der Waals surface area contributed by atoms with Gasteiger partial charge in [0.25, 0.3) is 17.7 Å². The van der Waals surface area contributed by atoms with Crippen molar-refractivity contribution in [2.75, 3.05) is 32.6 Å². The molecule has 2 aromatic carbocycles. The topological polar surface area (TPSA) is 123 Å². The monoisotopic (exact) mass is 489 g/mol. The van der Waals surface area contributed by atoms with Crippen LogP contribution in [-0.2, 0) is 0 Å². The molecule has 1 aromatic heterocycles. The fraction of sp³-hybridized carbons (Fsp3) is 0.269. The van der Waals surface area contributed by atoms with Crippen molar-refractivity contribution >= 4 is 23.5 Å². The fourth-order valence-corrected chi connectivity index (χ4v) is 3.99. The zero-order valence-electron chi connectivity index (χ0n) is 20.1. The first-order chi connectivity index (χ1) is 17.5. The van der Waals surface area contributed by atoms with Crippen LogP contribution in [0.25, 0.3) is 0 Å². The average molecular weight is 490 g/mol. The van der Waals surface area contributed by atoms with Gasteiger partial charge in [-0.05, 0) is 49.2 Å². The molecule has 10 nitrogen and oxygen atoms in total. The van der Waals surface area contributed by atoms with Crippen LogP contribution < -0.4 is 20.1 Å². The number of carbonyl (C=O) groups is 3. The molecule has 10 heteroatoms. The van der Waals surface area contributed by atoms with Crippen molar-refractivity contribution in [3.05, 3.63) is 77.7 Å². The third-order valence-electron chi connectivity index (χ3n) is 5.95. The Morgan fingerprint density at radius 1 is 0.889 bits per heavy atom. The van der Waals surface area contributed by atoms with Gasteiger partial charge in [-0.1, -0.05) is 12.1 Å². The van der Waals surface area contributed by atoms with Gasteiger partial charge in [0, 0.05) is 37.1 Å². The largest absolute Gasteiger partial charge is 0.497 e. The Labute approximate surface area is 208 Å². The number of hydrogen-bond donors (Lipinski definition) is 2. The van der Waals surface area contributed by atoms with Crippen molar-refractivity contribution in [1.29, 1.82) is 0 Å². The number of methoxy groups -OCH3 is 2. The first kappa shape index (κ1) is 24.6. The molecule has 4 rings (SSSR count). The normalized spacial score (nSPS) is 13.6. The number of anilines is 1. The SMILES string of the molecule is COc1ccc(C(=O)Nc2nccnc2C(=O)NC2CCN(C(=O)c3ccccc3OC)CC2)cc1. The predicted molar refractivity (Wildman–Crippen MR) is 132 cm³/mol. The predicted octanol–water partition coefficient (Wildman–Crippen LogP) is 2.78. The standard InChI is InChI=1S/C26H27N5O5/c1-35-19-9-7-17(8-10-19)24(32)30-23-22(27-13-14-28-23)25(33)29-18-11-15-31(16-12-18)26(34)20-5-3-4-6-21(20)36-2/h3-10,13-14,18H,11-12,15-16H2,1-2H3,(H,29,33)(H,28,30,32). The summed E-state index contributed by atoms with van der Waals surface area (Å²) in [6.07, 6.45) is 3.97. The van der Waals surface area contributed by atoms with Gasteiger partial charge in [-0.2, -0.15) is 0 Å². The van der Waals surface area contributed by atoms with Gasteiger partial charge < -0.3 is 25.0 Å². The molecule has 3 aromatic rings. The Bertz CT molecular complexity index is 1240. The summed E-state index contributed by atoms with van der Waals surface area (Å²) in [5, 5.41) is 5.61. The van der Waals surface area contributed by atoms with Gasteiger partial charge in [0.1, 0.15) is 11.5 Å². The number of likely N-dealkylation sites (tertiary alicyclic amines) is 1. The number of aromatic nitrogens is 2. The molecule has 0 spiro atoms. The summed E-state index contributed by atoms with van der Waals surface area (Å²) in [6, 6.07) is 13.5. The van der Waals surface area contributed by atoms with E-state index >= 15 is 0 Å². The lowest BCUT2D eigenvalue weighted by Gasteiger charge is -2.32. The lowest BCUT2D eigenvalue weighted by molar-refractivity contribution is 0.0694. The number of hydrogen-bond acceptors (Lipinski definition) is 7. The third-order valence-corrected chi connectivity index (χ3v) is 5.95. The van der Waals surface area contributed by atoms with Gasteiger partial charge in [-0.15, -0.1) is 0 Å². The van der Waals surface area contributed by atoms with Gasteiger partial charge in [-0.3, -0.25) is 14.4 Å². The first-order valence-electron chi connectivity index (χ1n) is 11.5. The zero-order valence-corrected chi connectivity index (χ0v) is 20.1. The molecule has 0 atom stereocenters. The lowest BCUT2D eigenvalue weighted by Crippen LogP contribution is -2.46. The summed E-state index contributed by atoms with van der Waals surface area (Å²) in [4.78, 5) is 48.6. The molecule has 0 aliphatic carbocycles. The van der Waals surface area contributed by atoms with Crippen molar-refractivity contribution in [2.45, 2.75) is 18.9 Å². The number of rotatable bonds is 7. The summed E-state index contributed by atoms with van der Waals surface area (Å²) < 4.78 is 10.4. The van der Waals surface area contributed by atoms with Crippen LogP contribution in [0.5, 0.6) is 11.5 Å². The highest BCUT2D eigenvalue weighted by atomic mass is 16.5. The van der Waals surface area contributed by atoms with Crippen LogP contribution in [0, 0.1) is 0 Å². The molecule has 0 radical (unpaired) electrons. The van der Waals surface area contributed by atoms with E-state index in [0.29, 0.717) is 48.6 Å². The van der Waals surface area contributed by atoms with Crippen molar-refractivity contribution < 1.29 is 23.9 Å². The van der Waals surface area contributed by atoms with Gasteiger partial charge in [0.2, 0.25) is 0 Å². The van der Waals surface area contributed by atoms with Crippen molar-refractivity contribution in [3.63, 3.8) is 0 Å². The Morgan fingerprint density at radius 3 is 2.28 bits per heavy atom. The number of benzene rings is 2. The van der Waals surface area contributed by atoms with Crippen molar-refractivity contribution in [3.8, 4) is 11.5 Å². The van der Waals surface area contributed by atoms with Gasteiger partial charge in [-0.25, -0.2) is 9.97 Å². The Hall–Kier alpha value is -4.47. The second-order valence-electron chi connectivity index (χ2n) is 8.18. The van der Waals surface area contributed by atoms with Crippen LogP contribution in [0.1, 0.15) is 44.0 Å². The van der Waals surface area contributed by atoms with E-state index in [1.165, 1.54) is 19.5 Å². The molecule has 1 saturated heterocycles. The molecular formula is C26H27N5O5. The molecule has 2 N–H and O–H groups in total. The molecule has 0 saturated carbocycles. The highest BCUT2D eigenvalue weighted by molar-refractivity contribution is 6.07. The molecule has 1 aliphatic rings. The summed E-state index contributed by atoms with van der Waals surface area (Å²) >= 11 is 0. The number of piperidine rings is 1. The number of ether oxygens (including phenoxy) is 2. The van der Waals surface area contributed by atoms with Gasteiger partial charge >= 0.3 is 0 Å². The molecular weight excluding hydrogens is 462 g/mol. The van der Waals surface area contributed by atoms with Crippen LogP contribution in [0.15, 0.2) is 60.9 Å². The van der Waals surface area contributed by atoms with E-state index in [9.17, 15) is 14.4 Å². The van der Waals surface area contributed by atoms with E-state index in [0.717, 1.165) is 0 Å². The minimum absolute atomic E-state index is 0.0203. The molecule has 1 fully saturated rings. The number of para-hydroxylation sites is 1. The summed E-state index contributed by atoms with van der Waals surface area (Å²) in [6.45, 7) is 0.979. The fourth-order valence-electron chi connectivity index (χ4n) is 3.99. The molecule has 2 heterocycles. The van der Waals surface area contributed by atoms with E-state index < -0.39 is 11.8 Å². The molecule has 186 valence electrons. The Morgan fingerprint density at radius 2 is 1.58 bits per heavy atom. The van der Waals surface area contributed by atoms with E-state index in [1.54, 1.807) is 54.5 Å². The van der Waals surface area contributed by atoms with Crippen molar-refractivity contribution in [1.82, 2.24) is 20.2 Å². The Kier molecular flexibility index (Phi) is 7.74. The number of nitrogens with zero attached hydrogens (tertiary/aromatic N) is 3. The smallest absolute Gasteiger partial charge is 0.273 e. The zero-order chi connectivity index (χ0) is 25.5.